The monoisotopic (exact) mass is 301 g/mol. The van der Waals surface area contributed by atoms with Gasteiger partial charge in [-0.25, -0.2) is 9.69 Å². The lowest BCUT2D eigenvalue weighted by Crippen LogP contribution is -2.58. The number of imide groups is 2. The molecule has 1 atom stereocenters. The Hall–Kier alpha value is -2.70. The number of hydrogen-bond acceptors (Lipinski definition) is 5. The van der Waals surface area contributed by atoms with E-state index >= 15 is 0 Å². The van der Waals surface area contributed by atoms with Crippen molar-refractivity contribution >= 4 is 29.7 Å². The molecule has 0 bridgehead atoms. The van der Waals surface area contributed by atoms with Crippen LogP contribution in [0.1, 0.15) is 12.8 Å². The van der Waals surface area contributed by atoms with Crippen molar-refractivity contribution in [1.82, 2.24) is 5.32 Å². The number of barbiturate groups is 1. The molecule has 1 saturated heterocycles. The summed E-state index contributed by atoms with van der Waals surface area (Å²) >= 11 is 0. The summed E-state index contributed by atoms with van der Waals surface area (Å²) in [5.74, 6) is -1.99. The molecule has 7 heteroatoms. The number of hydrogen-bond donors (Lipinski definition) is 1. The molecule has 0 unspecified atom stereocenters. The van der Waals surface area contributed by atoms with Gasteiger partial charge in [-0.1, -0.05) is 12.1 Å². The molecule has 114 valence electrons. The maximum atomic E-state index is 12.5. The lowest BCUT2D eigenvalue weighted by atomic mass is 10.1. The van der Waals surface area contributed by atoms with Crippen LogP contribution in [-0.4, -0.2) is 37.2 Å². The Kier molecular flexibility index (Phi) is 3.62. The number of carbonyl (C=O) groups is 3. The van der Waals surface area contributed by atoms with Gasteiger partial charge >= 0.3 is 6.03 Å². The molecule has 1 heterocycles. The van der Waals surface area contributed by atoms with Crippen LogP contribution in [0.2, 0.25) is 0 Å². The van der Waals surface area contributed by atoms with E-state index in [-0.39, 0.29) is 6.04 Å². The van der Waals surface area contributed by atoms with Gasteiger partial charge in [-0.3, -0.25) is 19.9 Å². The Morgan fingerprint density at radius 2 is 2.00 bits per heavy atom. The fourth-order valence-corrected chi connectivity index (χ4v) is 2.20. The van der Waals surface area contributed by atoms with Crippen molar-refractivity contribution < 1.29 is 19.1 Å². The van der Waals surface area contributed by atoms with Gasteiger partial charge in [-0.05, 0) is 25.0 Å². The Labute approximate surface area is 127 Å². The van der Waals surface area contributed by atoms with Crippen molar-refractivity contribution in [2.75, 3.05) is 12.0 Å². The fraction of sp³-hybridized carbons (Fsp3) is 0.333. The molecule has 1 aromatic carbocycles. The summed E-state index contributed by atoms with van der Waals surface area (Å²) in [7, 11) is 1.45. The Morgan fingerprint density at radius 3 is 2.68 bits per heavy atom. The number of nitrogens with one attached hydrogen (secondary N) is 1. The minimum absolute atomic E-state index is 0.193. The lowest BCUT2D eigenvalue weighted by Gasteiger charge is -2.29. The van der Waals surface area contributed by atoms with Crippen LogP contribution in [0, 0.1) is 5.92 Å². The van der Waals surface area contributed by atoms with Crippen molar-refractivity contribution in [3.05, 3.63) is 24.3 Å². The molecule has 0 aromatic heterocycles. The number of anilines is 1. The molecule has 1 aromatic rings. The number of rotatable bonds is 4. The van der Waals surface area contributed by atoms with Crippen LogP contribution in [0.3, 0.4) is 0 Å². The number of ether oxygens (including phenoxy) is 1. The first-order chi connectivity index (χ1) is 10.6. The first kappa shape index (κ1) is 14.2. The van der Waals surface area contributed by atoms with Gasteiger partial charge in [-0.2, -0.15) is 0 Å². The van der Waals surface area contributed by atoms with Crippen LogP contribution in [0.25, 0.3) is 0 Å². The van der Waals surface area contributed by atoms with Crippen molar-refractivity contribution in [3.8, 4) is 5.75 Å². The zero-order chi connectivity index (χ0) is 15.7. The summed E-state index contributed by atoms with van der Waals surface area (Å²) in [4.78, 5) is 41.6. The first-order valence-electron chi connectivity index (χ1n) is 6.97. The molecule has 0 spiro atoms. The van der Waals surface area contributed by atoms with Crippen LogP contribution < -0.4 is 15.0 Å². The number of nitrogens with zero attached hydrogens (tertiary/aromatic N) is 2. The summed E-state index contributed by atoms with van der Waals surface area (Å²) in [5.41, 5.74) is 0.296. The van der Waals surface area contributed by atoms with Gasteiger partial charge in [0.2, 0.25) is 5.91 Å². The van der Waals surface area contributed by atoms with E-state index in [9.17, 15) is 14.4 Å². The first-order valence-corrected chi connectivity index (χ1v) is 6.97. The predicted octanol–water partition coefficient (Wildman–Crippen LogP) is 1.13. The lowest BCUT2D eigenvalue weighted by molar-refractivity contribution is -0.131. The van der Waals surface area contributed by atoms with Crippen molar-refractivity contribution in [2.45, 2.75) is 18.9 Å². The van der Waals surface area contributed by atoms with Crippen LogP contribution in [0.5, 0.6) is 5.75 Å². The van der Waals surface area contributed by atoms with E-state index in [0.29, 0.717) is 11.4 Å². The van der Waals surface area contributed by atoms with E-state index in [0.717, 1.165) is 17.7 Å². The van der Waals surface area contributed by atoms with Gasteiger partial charge in [0.25, 0.3) is 5.91 Å². The van der Waals surface area contributed by atoms with E-state index in [1.165, 1.54) is 13.3 Å². The molecular formula is C15H15N3O4. The van der Waals surface area contributed by atoms with E-state index in [2.05, 4.69) is 10.3 Å². The third kappa shape index (κ3) is 2.57. The number of urea groups is 1. The smallest absolute Gasteiger partial charge is 0.335 e. The number of methoxy groups -OCH3 is 1. The normalized spacial score (nSPS) is 22.1. The van der Waals surface area contributed by atoms with Crippen LogP contribution in [0.15, 0.2) is 29.3 Å². The Balaban J connectivity index is 1.93. The van der Waals surface area contributed by atoms with Crippen molar-refractivity contribution in [1.29, 1.82) is 0 Å². The second-order valence-corrected chi connectivity index (χ2v) is 5.15. The molecule has 7 nitrogen and oxygen atoms in total. The van der Waals surface area contributed by atoms with E-state index in [1.54, 1.807) is 24.3 Å². The largest absolute Gasteiger partial charge is 0.495 e. The van der Waals surface area contributed by atoms with Crippen LogP contribution >= 0.6 is 0 Å². The highest BCUT2D eigenvalue weighted by Gasteiger charge is 2.41. The molecular weight excluding hydrogens is 286 g/mol. The minimum Gasteiger partial charge on any atom is -0.495 e. The molecule has 2 fully saturated rings. The van der Waals surface area contributed by atoms with Gasteiger partial charge in [0.1, 0.15) is 5.75 Å². The third-order valence-corrected chi connectivity index (χ3v) is 3.52. The maximum absolute atomic E-state index is 12.5. The Morgan fingerprint density at radius 1 is 1.27 bits per heavy atom. The average Bonchev–Trinajstić information content (AvgIpc) is 3.31. The van der Waals surface area contributed by atoms with Crippen LogP contribution in [-0.2, 0) is 9.59 Å². The van der Waals surface area contributed by atoms with Gasteiger partial charge in [-0.15, -0.1) is 0 Å². The number of amides is 4. The second-order valence-electron chi connectivity index (χ2n) is 5.15. The number of carbonyl (C=O) groups excluding carboxylic acids is 3. The molecule has 4 amide bonds. The van der Waals surface area contributed by atoms with E-state index in [4.69, 9.17) is 4.74 Å². The van der Waals surface area contributed by atoms with Gasteiger partial charge in [0.05, 0.1) is 12.8 Å². The maximum Gasteiger partial charge on any atom is 0.335 e. The molecule has 1 aliphatic carbocycles. The SMILES string of the molecule is COc1ccccc1N1C(=O)NC(=O)[C@H](C=NC2CC2)C1=O. The van der Waals surface area contributed by atoms with E-state index < -0.39 is 23.8 Å². The number of benzene rings is 1. The molecule has 1 aliphatic heterocycles. The standard InChI is InChI=1S/C15H15N3O4/c1-22-12-5-3-2-4-11(12)18-14(20)10(8-16-9-6-7-9)13(19)17-15(18)21/h2-5,8-10H,6-7H2,1H3,(H,17,19,21)/t10-/m0/s1. The topological polar surface area (TPSA) is 88.1 Å². The summed E-state index contributed by atoms with van der Waals surface area (Å²) in [6.07, 6.45) is 3.27. The van der Waals surface area contributed by atoms with Gasteiger partial charge in [0.15, 0.2) is 5.92 Å². The molecule has 22 heavy (non-hydrogen) atoms. The average molecular weight is 301 g/mol. The molecule has 0 radical (unpaired) electrons. The van der Waals surface area contributed by atoms with E-state index in [1.807, 2.05) is 0 Å². The van der Waals surface area contributed by atoms with Crippen molar-refractivity contribution in [3.63, 3.8) is 0 Å². The molecule has 3 rings (SSSR count). The fourth-order valence-electron chi connectivity index (χ4n) is 2.20. The predicted molar refractivity (Wildman–Crippen MR) is 79.0 cm³/mol. The summed E-state index contributed by atoms with van der Waals surface area (Å²) < 4.78 is 5.17. The quantitative estimate of drug-likeness (QED) is 0.667. The number of para-hydroxylation sites is 2. The minimum atomic E-state index is -1.09. The van der Waals surface area contributed by atoms with Crippen molar-refractivity contribution in [2.24, 2.45) is 10.9 Å². The molecule has 2 aliphatic rings. The zero-order valence-electron chi connectivity index (χ0n) is 12.0. The summed E-state index contributed by atoms with van der Waals surface area (Å²) in [5, 5.41) is 2.18. The second kappa shape index (κ2) is 5.59. The van der Waals surface area contributed by atoms with Gasteiger partial charge < -0.3 is 4.74 Å². The summed E-state index contributed by atoms with van der Waals surface area (Å²) in [6, 6.07) is 6.04. The molecule has 1 N–H and O–H groups in total. The van der Waals surface area contributed by atoms with Crippen LogP contribution in [0.4, 0.5) is 10.5 Å². The van der Waals surface area contributed by atoms with Gasteiger partial charge in [0, 0.05) is 12.3 Å². The summed E-state index contributed by atoms with van der Waals surface area (Å²) in [6.45, 7) is 0. The highest BCUT2D eigenvalue weighted by Crippen LogP contribution is 2.30. The Bertz CT molecular complexity index is 667. The third-order valence-electron chi connectivity index (χ3n) is 3.52. The highest BCUT2D eigenvalue weighted by molar-refractivity contribution is 6.32. The zero-order valence-corrected chi connectivity index (χ0v) is 12.0. The highest BCUT2D eigenvalue weighted by atomic mass is 16.5. The number of aliphatic imine (C=N–C) groups is 1. The molecule has 1 saturated carbocycles.